The van der Waals surface area contributed by atoms with Gasteiger partial charge in [-0.15, -0.1) is 0 Å². The summed E-state index contributed by atoms with van der Waals surface area (Å²) in [6, 6.07) is 0. The Bertz CT molecular complexity index is 803. The highest BCUT2D eigenvalue weighted by Crippen LogP contribution is 2.18. The number of aromatic nitrogens is 2. The van der Waals surface area contributed by atoms with Crippen molar-refractivity contribution in [3.05, 3.63) is 59.5 Å². The van der Waals surface area contributed by atoms with Gasteiger partial charge in [0, 0.05) is 55.7 Å². The minimum Gasteiger partial charge on any atom is -0.383 e. The van der Waals surface area contributed by atoms with Crippen LogP contribution in [0, 0.1) is 12.8 Å². The maximum Gasteiger partial charge on any atom is 0.227 e. The number of nitrogens with one attached hydrogen (secondary N) is 2. The Morgan fingerprint density at radius 2 is 2.06 bits per heavy atom. The number of allylic oxidation sites excluding steroid dienone is 4. The summed E-state index contributed by atoms with van der Waals surface area (Å²) in [5.74, 6) is 1.58. The van der Waals surface area contributed by atoms with Gasteiger partial charge in [-0.2, -0.15) is 0 Å². The number of hydrogen-bond acceptors (Lipinski definition) is 6. The van der Waals surface area contributed by atoms with E-state index in [1.807, 2.05) is 45.4 Å². The van der Waals surface area contributed by atoms with E-state index in [4.69, 9.17) is 0 Å². The van der Waals surface area contributed by atoms with Gasteiger partial charge in [0.15, 0.2) is 0 Å². The van der Waals surface area contributed by atoms with Gasteiger partial charge in [-0.25, -0.2) is 9.97 Å². The number of aryl methyl sites for hydroxylation is 1. The number of aliphatic imine (C=N–C) groups is 1. The molecule has 0 spiro atoms. The van der Waals surface area contributed by atoms with Gasteiger partial charge in [0.25, 0.3) is 0 Å². The van der Waals surface area contributed by atoms with Crippen molar-refractivity contribution in [3.63, 3.8) is 0 Å². The number of anilines is 1. The molecule has 2 N–H and O–H groups in total. The summed E-state index contributed by atoms with van der Waals surface area (Å²) in [5, 5.41) is 6.80. The van der Waals surface area contributed by atoms with Crippen LogP contribution >= 0.6 is 0 Å². The van der Waals surface area contributed by atoms with Crippen LogP contribution in [0.5, 0.6) is 0 Å². The molecular formula is C26H42N6. The lowest BCUT2D eigenvalue weighted by Gasteiger charge is -2.18. The molecule has 0 unspecified atom stereocenters. The molecule has 32 heavy (non-hydrogen) atoms. The summed E-state index contributed by atoms with van der Waals surface area (Å²) in [6.45, 7) is 15.9. The lowest BCUT2D eigenvalue weighted by atomic mass is 10.1. The summed E-state index contributed by atoms with van der Waals surface area (Å²) in [5.41, 5.74) is 4.26. The first kappa shape index (κ1) is 27.1. The van der Waals surface area contributed by atoms with Gasteiger partial charge in [0.1, 0.15) is 0 Å². The maximum atomic E-state index is 4.54. The zero-order valence-corrected chi connectivity index (χ0v) is 20.9. The van der Waals surface area contributed by atoms with Gasteiger partial charge >= 0.3 is 0 Å². The van der Waals surface area contributed by atoms with Crippen LogP contribution in [0.25, 0.3) is 6.08 Å². The molecule has 176 valence electrons. The smallest absolute Gasteiger partial charge is 0.227 e. The molecule has 1 aliphatic rings. The molecule has 0 aliphatic heterocycles. The lowest BCUT2D eigenvalue weighted by molar-refractivity contribution is 0.452. The molecule has 0 aromatic carbocycles. The van der Waals surface area contributed by atoms with Crippen molar-refractivity contribution in [2.75, 3.05) is 25.5 Å². The minimum absolute atomic E-state index is 0.644. The van der Waals surface area contributed by atoms with Gasteiger partial charge < -0.3 is 15.5 Å². The maximum absolute atomic E-state index is 4.54. The van der Waals surface area contributed by atoms with E-state index in [1.165, 1.54) is 12.8 Å². The minimum atomic E-state index is 0.644. The summed E-state index contributed by atoms with van der Waals surface area (Å²) in [4.78, 5) is 14.7. The first-order valence-electron chi connectivity index (χ1n) is 11.6. The Hall–Kier alpha value is -2.89. The molecule has 0 radical (unpaired) electrons. The molecule has 0 fully saturated rings. The van der Waals surface area contributed by atoms with Crippen LogP contribution in [0.3, 0.4) is 0 Å². The molecule has 1 aromatic heterocycles. The second kappa shape index (κ2) is 15.8. The van der Waals surface area contributed by atoms with Crippen LogP contribution in [0.2, 0.25) is 0 Å². The van der Waals surface area contributed by atoms with Crippen molar-refractivity contribution in [2.45, 2.75) is 60.3 Å². The van der Waals surface area contributed by atoms with Gasteiger partial charge in [-0.3, -0.25) is 4.99 Å². The van der Waals surface area contributed by atoms with Crippen molar-refractivity contribution in [1.82, 2.24) is 20.2 Å². The van der Waals surface area contributed by atoms with Crippen molar-refractivity contribution in [2.24, 2.45) is 10.9 Å². The zero-order chi connectivity index (χ0) is 23.8. The fourth-order valence-electron chi connectivity index (χ4n) is 2.85. The third-order valence-corrected chi connectivity index (χ3v) is 5.36. The Kier molecular flexibility index (Phi) is 13.4. The number of rotatable bonds is 11. The number of nitrogens with zero attached hydrogens (tertiary/aromatic N) is 4. The van der Waals surface area contributed by atoms with Crippen LogP contribution in [0.1, 0.15) is 64.6 Å². The standard InChI is InChI=1S/C20H28N6.C6H14/c1-5-7-17-15-23-20(24-16(17)2)25-19-9-6-8-18(14-19)22-11-13-26(4)12-10-21-3;1-4-6(3)5-2/h5,7-8,10,12,14-15,22H,3,6,9,11,13H2,1-2,4H3,(H,23,24,25);6H,4-5H2,1-3H3/b7-5-,12-10-;. The van der Waals surface area contributed by atoms with Crippen LogP contribution < -0.4 is 10.6 Å². The highest BCUT2D eigenvalue weighted by atomic mass is 15.1. The SMILES string of the molecule is C=N/C=C\N(C)CCNC1=CCCC(Nc2ncc(/C=C\C)c(C)n2)=C1.CCC(C)CC. The quantitative estimate of drug-likeness (QED) is 0.419. The Balaban J connectivity index is 0.000000751. The average molecular weight is 439 g/mol. The first-order chi connectivity index (χ1) is 15.4. The third-order valence-electron chi connectivity index (χ3n) is 5.36. The summed E-state index contributed by atoms with van der Waals surface area (Å²) < 4.78 is 0. The van der Waals surface area contributed by atoms with Gasteiger partial charge in [0.05, 0.1) is 5.69 Å². The van der Waals surface area contributed by atoms with E-state index in [0.717, 1.165) is 54.5 Å². The molecule has 1 aliphatic carbocycles. The van der Waals surface area contributed by atoms with E-state index in [2.05, 4.69) is 70.1 Å². The molecule has 2 rings (SSSR count). The van der Waals surface area contributed by atoms with Crippen molar-refractivity contribution < 1.29 is 0 Å². The third kappa shape index (κ3) is 10.9. The predicted octanol–water partition coefficient (Wildman–Crippen LogP) is 5.93. The topological polar surface area (TPSA) is 65.4 Å². The van der Waals surface area contributed by atoms with Crippen LogP contribution in [0.4, 0.5) is 5.95 Å². The van der Waals surface area contributed by atoms with Gasteiger partial charge in [0.2, 0.25) is 5.95 Å². The molecule has 1 heterocycles. The fraction of sp³-hybridized carbons (Fsp3) is 0.500. The van der Waals surface area contributed by atoms with Crippen molar-refractivity contribution in [3.8, 4) is 0 Å². The molecule has 0 saturated heterocycles. The molecule has 0 saturated carbocycles. The summed E-state index contributed by atoms with van der Waals surface area (Å²) in [7, 11) is 2.01. The van der Waals surface area contributed by atoms with Gasteiger partial charge in [-0.05, 0) is 45.4 Å². The molecule has 1 aromatic rings. The van der Waals surface area contributed by atoms with Crippen LogP contribution in [-0.2, 0) is 0 Å². The molecule has 0 atom stereocenters. The highest BCUT2D eigenvalue weighted by molar-refractivity contribution is 5.52. The summed E-state index contributed by atoms with van der Waals surface area (Å²) in [6.07, 6.45) is 18.4. The van der Waals surface area contributed by atoms with E-state index < -0.39 is 0 Å². The Labute approximate surface area is 195 Å². The highest BCUT2D eigenvalue weighted by Gasteiger charge is 2.08. The monoisotopic (exact) mass is 438 g/mol. The Morgan fingerprint density at radius 1 is 1.31 bits per heavy atom. The van der Waals surface area contributed by atoms with E-state index >= 15 is 0 Å². The number of hydrogen-bond donors (Lipinski definition) is 2. The largest absolute Gasteiger partial charge is 0.383 e. The molecule has 6 heteroatoms. The zero-order valence-electron chi connectivity index (χ0n) is 20.9. The normalized spacial score (nSPS) is 13.5. The predicted molar refractivity (Wildman–Crippen MR) is 140 cm³/mol. The van der Waals surface area contributed by atoms with E-state index in [-0.39, 0.29) is 0 Å². The average Bonchev–Trinajstić information content (AvgIpc) is 2.79. The molecule has 6 nitrogen and oxygen atoms in total. The first-order valence-corrected chi connectivity index (χ1v) is 11.6. The van der Waals surface area contributed by atoms with E-state index in [0.29, 0.717) is 5.95 Å². The van der Waals surface area contributed by atoms with Crippen LogP contribution in [0.15, 0.2) is 53.2 Å². The molecular weight excluding hydrogens is 396 g/mol. The van der Waals surface area contributed by atoms with Crippen molar-refractivity contribution in [1.29, 1.82) is 0 Å². The Morgan fingerprint density at radius 3 is 2.66 bits per heavy atom. The lowest BCUT2D eigenvalue weighted by Crippen LogP contribution is -2.26. The molecule has 0 bridgehead atoms. The van der Waals surface area contributed by atoms with Crippen LogP contribution in [-0.4, -0.2) is 41.7 Å². The van der Waals surface area contributed by atoms with E-state index in [1.54, 1.807) is 6.20 Å². The fourth-order valence-corrected chi connectivity index (χ4v) is 2.85. The van der Waals surface area contributed by atoms with E-state index in [9.17, 15) is 0 Å². The molecule has 0 amide bonds. The number of likely N-dealkylation sites (N-methyl/N-ethyl adjacent to an activating group) is 1. The van der Waals surface area contributed by atoms with Gasteiger partial charge in [-0.1, -0.05) is 51.8 Å². The second-order valence-electron chi connectivity index (χ2n) is 8.04. The van der Waals surface area contributed by atoms with Crippen molar-refractivity contribution >= 4 is 18.7 Å². The second-order valence-corrected chi connectivity index (χ2v) is 8.04. The summed E-state index contributed by atoms with van der Waals surface area (Å²) >= 11 is 0.